The van der Waals surface area contributed by atoms with Crippen molar-refractivity contribution < 1.29 is 14.3 Å². The molecule has 2 aromatic carbocycles. The van der Waals surface area contributed by atoms with Crippen LogP contribution in [0.15, 0.2) is 48.5 Å². The maximum absolute atomic E-state index is 12.6. The van der Waals surface area contributed by atoms with Crippen molar-refractivity contribution in [1.29, 1.82) is 0 Å². The summed E-state index contributed by atoms with van der Waals surface area (Å²) in [6.45, 7) is 3.49. The lowest BCUT2D eigenvalue weighted by atomic mass is 10.1. The first-order valence-electron chi connectivity index (χ1n) is 9.53. The van der Waals surface area contributed by atoms with Gasteiger partial charge >= 0.3 is 0 Å². The molecule has 1 aliphatic heterocycles. The monoisotopic (exact) mass is 415 g/mol. The average molecular weight is 416 g/mol. The third-order valence-corrected chi connectivity index (χ3v) is 5.08. The number of nitrogens with two attached hydrogens (primary N) is 1. The first-order valence-corrected chi connectivity index (χ1v) is 9.91. The fourth-order valence-corrected chi connectivity index (χ4v) is 3.35. The van der Waals surface area contributed by atoms with Crippen molar-refractivity contribution >= 4 is 29.3 Å². The predicted octanol–water partition coefficient (Wildman–Crippen LogP) is 3.07. The molecular weight excluding hydrogens is 390 g/mol. The van der Waals surface area contributed by atoms with Gasteiger partial charge < -0.3 is 20.5 Å². The predicted molar refractivity (Wildman–Crippen MR) is 116 cm³/mol. The Morgan fingerprint density at radius 3 is 2.93 bits per heavy atom. The van der Waals surface area contributed by atoms with Crippen molar-refractivity contribution in [3.63, 3.8) is 0 Å². The van der Waals surface area contributed by atoms with Crippen LogP contribution in [-0.2, 0) is 4.74 Å². The minimum absolute atomic E-state index is 0.0759. The number of benzene rings is 2. The minimum atomic E-state index is -0.270. The van der Waals surface area contributed by atoms with Crippen molar-refractivity contribution in [2.24, 2.45) is 0 Å². The van der Waals surface area contributed by atoms with Gasteiger partial charge in [0.15, 0.2) is 0 Å². The highest BCUT2D eigenvalue weighted by Crippen LogP contribution is 2.28. The van der Waals surface area contributed by atoms with Crippen molar-refractivity contribution in [2.75, 3.05) is 45.6 Å². The summed E-state index contributed by atoms with van der Waals surface area (Å²) in [6.07, 6.45) is 4.19. The van der Waals surface area contributed by atoms with Gasteiger partial charge in [-0.2, -0.15) is 0 Å². The Balaban J connectivity index is 1.51. The SMILES string of the molecule is COc1cc(N)c(Cl)cc1C(=O)NCC1CN(C/C=C/c2ccccc2)CCO1. The molecule has 0 aromatic heterocycles. The number of amides is 1. The average Bonchev–Trinajstić information content (AvgIpc) is 2.74. The molecule has 29 heavy (non-hydrogen) atoms. The number of anilines is 1. The maximum atomic E-state index is 12.6. The van der Waals surface area contributed by atoms with Crippen molar-refractivity contribution in [1.82, 2.24) is 10.2 Å². The Morgan fingerprint density at radius 1 is 1.38 bits per heavy atom. The molecule has 1 atom stereocenters. The molecule has 6 nitrogen and oxygen atoms in total. The molecule has 0 saturated carbocycles. The van der Waals surface area contributed by atoms with E-state index in [0.717, 1.165) is 19.6 Å². The van der Waals surface area contributed by atoms with Gasteiger partial charge in [-0.15, -0.1) is 0 Å². The molecule has 2 aromatic rings. The third kappa shape index (κ3) is 5.97. The fraction of sp³-hybridized carbons (Fsp3) is 0.318. The van der Waals surface area contributed by atoms with Crippen LogP contribution in [0.5, 0.6) is 5.75 Å². The highest BCUT2D eigenvalue weighted by molar-refractivity contribution is 6.33. The number of hydrogen-bond donors (Lipinski definition) is 2. The molecule has 1 aliphatic rings. The van der Waals surface area contributed by atoms with Gasteiger partial charge in [0, 0.05) is 32.2 Å². The van der Waals surface area contributed by atoms with E-state index in [-0.39, 0.29) is 12.0 Å². The van der Waals surface area contributed by atoms with Crippen LogP contribution in [-0.4, -0.2) is 56.8 Å². The van der Waals surface area contributed by atoms with E-state index in [1.165, 1.54) is 18.7 Å². The molecule has 1 heterocycles. The number of halogens is 1. The number of rotatable bonds is 7. The Hall–Kier alpha value is -2.54. The van der Waals surface area contributed by atoms with E-state index < -0.39 is 0 Å². The quantitative estimate of drug-likeness (QED) is 0.679. The molecule has 1 fully saturated rings. The Morgan fingerprint density at radius 2 is 2.17 bits per heavy atom. The summed E-state index contributed by atoms with van der Waals surface area (Å²) >= 11 is 6.05. The zero-order valence-corrected chi connectivity index (χ0v) is 17.2. The second-order valence-electron chi connectivity index (χ2n) is 6.85. The number of morpholine rings is 1. The highest BCUT2D eigenvalue weighted by Gasteiger charge is 2.21. The molecule has 0 radical (unpaired) electrons. The van der Waals surface area contributed by atoms with Gasteiger partial charge in [0.05, 0.1) is 36.1 Å². The fourth-order valence-electron chi connectivity index (χ4n) is 3.19. The summed E-state index contributed by atoms with van der Waals surface area (Å²) in [7, 11) is 1.49. The van der Waals surface area contributed by atoms with Crippen LogP contribution in [0, 0.1) is 0 Å². The Bertz CT molecular complexity index is 858. The van der Waals surface area contributed by atoms with E-state index in [4.69, 9.17) is 26.8 Å². The number of methoxy groups -OCH3 is 1. The second kappa shape index (κ2) is 10.3. The normalized spacial score (nSPS) is 17.4. The second-order valence-corrected chi connectivity index (χ2v) is 7.26. The van der Waals surface area contributed by atoms with Gasteiger partial charge in [0.1, 0.15) is 5.75 Å². The summed E-state index contributed by atoms with van der Waals surface area (Å²) in [6, 6.07) is 13.3. The zero-order valence-electron chi connectivity index (χ0n) is 16.4. The number of nitrogens with one attached hydrogen (secondary N) is 1. The topological polar surface area (TPSA) is 76.8 Å². The van der Waals surface area contributed by atoms with E-state index >= 15 is 0 Å². The lowest BCUT2D eigenvalue weighted by Gasteiger charge is -2.32. The van der Waals surface area contributed by atoms with E-state index in [1.54, 1.807) is 6.07 Å². The molecule has 1 unspecified atom stereocenters. The molecule has 3 N–H and O–H groups in total. The molecule has 0 aliphatic carbocycles. The van der Waals surface area contributed by atoms with Gasteiger partial charge in [-0.1, -0.05) is 54.1 Å². The maximum Gasteiger partial charge on any atom is 0.255 e. The largest absolute Gasteiger partial charge is 0.496 e. The number of carbonyl (C=O) groups excluding carboxylic acids is 1. The van der Waals surface area contributed by atoms with Crippen LogP contribution >= 0.6 is 11.6 Å². The first-order chi connectivity index (χ1) is 14.1. The minimum Gasteiger partial charge on any atom is -0.496 e. The van der Waals surface area contributed by atoms with Crippen LogP contribution in [0.1, 0.15) is 15.9 Å². The van der Waals surface area contributed by atoms with Crippen molar-refractivity contribution in [3.8, 4) is 5.75 Å². The molecule has 154 valence electrons. The Kier molecular flexibility index (Phi) is 7.52. The molecule has 0 spiro atoms. The van der Waals surface area contributed by atoms with Gasteiger partial charge in [-0.25, -0.2) is 0 Å². The molecule has 1 saturated heterocycles. The van der Waals surface area contributed by atoms with E-state index in [1.807, 2.05) is 18.2 Å². The zero-order chi connectivity index (χ0) is 20.6. The smallest absolute Gasteiger partial charge is 0.255 e. The van der Waals surface area contributed by atoms with Crippen molar-refractivity contribution in [3.05, 3.63) is 64.7 Å². The van der Waals surface area contributed by atoms with E-state index in [9.17, 15) is 4.79 Å². The van der Waals surface area contributed by atoms with Gasteiger partial charge in [-0.05, 0) is 11.6 Å². The number of nitrogen functional groups attached to an aromatic ring is 1. The summed E-state index contributed by atoms with van der Waals surface area (Å²) in [5.41, 5.74) is 7.68. The van der Waals surface area contributed by atoms with Crippen LogP contribution in [0.3, 0.4) is 0 Å². The van der Waals surface area contributed by atoms with Crippen LogP contribution in [0.2, 0.25) is 5.02 Å². The van der Waals surface area contributed by atoms with Gasteiger partial charge in [0.25, 0.3) is 5.91 Å². The lowest BCUT2D eigenvalue weighted by molar-refractivity contribution is -0.0224. The molecule has 7 heteroatoms. The highest BCUT2D eigenvalue weighted by atomic mass is 35.5. The van der Waals surface area contributed by atoms with Crippen LogP contribution in [0.25, 0.3) is 6.08 Å². The third-order valence-electron chi connectivity index (χ3n) is 4.75. The summed E-state index contributed by atoms with van der Waals surface area (Å²) in [5, 5.41) is 3.23. The van der Waals surface area contributed by atoms with Gasteiger partial charge in [-0.3, -0.25) is 9.69 Å². The molecule has 3 rings (SSSR count). The summed E-state index contributed by atoms with van der Waals surface area (Å²) < 4.78 is 11.0. The number of hydrogen-bond acceptors (Lipinski definition) is 5. The summed E-state index contributed by atoms with van der Waals surface area (Å²) in [4.78, 5) is 14.9. The number of carbonyl (C=O) groups is 1. The number of ether oxygens (including phenoxy) is 2. The van der Waals surface area contributed by atoms with E-state index in [2.05, 4.69) is 34.5 Å². The molecule has 1 amide bonds. The number of nitrogens with zero attached hydrogens (tertiary/aromatic N) is 1. The Labute approximate surface area is 176 Å². The van der Waals surface area contributed by atoms with Crippen LogP contribution in [0.4, 0.5) is 5.69 Å². The standard InChI is InChI=1S/C22H26ClN3O3/c1-28-21-13-20(24)19(23)12-18(21)22(27)25-14-17-15-26(10-11-29-17)9-5-8-16-6-3-2-4-7-16/h2-8,12-13,17H,9-11,14-15,24H2,1H3,(H,25,27)/b8-5+. The first kappa shape index (κ1) is 21.2. The van der Waals surface area contributed by atoms with Gasteiger partial charge in [0.2, 0.25) is 0 Å². The lowest BCUT2D eigenvalue weighted by Crippen LogP contribution is -2.47. The summed E-state index contributed by atoms with van der Waals surface area (Å²) in [5.74, 6) is 0.120. The molecule has 0 bridgehead atoms. The molecular formula is C22H26ClN3O3. The van der Waals surface area contributed by atoms with E-state index in [0.29, 0.717) is 35.2 Å². The van der Waals surface area contributed by atoms with Crippen LogP contribution < -0.4 is 15.8 Å². The van der Waals surface area contributed by atoms with Crippen molar-refractivity contribution in [2.45, 2.75) is 6.10 Å².